The molecule has 0 N–H and O–H groups in total. The first-order valence-corrected chi connectivity index (χ1v) is 2.52. The Morgan fingerprint density at radius 1 is 2.00 bits per heavy atom. The maximum absolute atomic E-state index is 4.36. The normalized spacial score (nSPS) is 5.25. The summed E-state index contributed by atoms with van der Waals surface area (Å²) in [6.45, 7) is 0. The van der Waals surface area contributed by atoms with Crippen LogP contribution in [-0.2, 0) is 3.02 Å². The van der Waals surface area contributed by atoms with Gasteiger partial charge in [0.05, 0.1) is 0 Å². The summed E-state index contributed by atoms with van der Waals surface area (Å²) in [7, 11) is 0. The van der Waals surface area contributed by atoms with Gasteiger partial charge in [-0.15, -0.1) is 0 Å². The topological polar surface area (TPSA) is 9.23 Å². The fourth-order valence-electron chi connectivity index (χ4n) is 0. The molecular weight excluding hydrogens is 182 g/mol. The summed E-state index contributed by atoms with van der Waals surface area (Å²) in [5.74, 6) is 0. The molecule has 0 saturated heterocycles. The van der Waals surface area contributed by atoms with Crippen LogP contribution in [0.25, 0.3) is 0 Å². The molecule has 0 atom stereocenters. The van der Waals surface area contributed by atoms with Gasteiger partial charge in [0.1, 0.15) is 0 Å². The third-order valence-electron chi connectivity index (χ3n) is 0.0556. The Morgan fingerprint density at radius 2 is 2.25 bits per heavy atom. The second kappa shape index (κ2) is 3.71. The van der Waals surface area contributed by atoms with E-state index in [-0.39, 0.29) is 0 Å². The van der Waals surface area contributed by atoms with E-state index in [1.54, 1.807) is 0 Å². The van der Waals surface area contributed by atoms with Gasteiger partial charge in [-0.1, -0.05) is 0 Å². The number of rotatable bonds is 1. The van der Waals surface area contributed by atoms with Gasteiger partial charge in [-0.05, 0) is 0 Å². The van der Waals surface area contributed by atoms with Gasteiger partial charge < -0.3 is 0 Å². The van der Waals surface area contributed by atoms with Crippen LogP contribution in [0.3, 0.4) is 0 Å². The van der Waals surface area contributed by atoms with Crippen LogP contribution < -0.4 is 0 Å². The first kappa shape index (κ1) is 4.71. The molecule has 0 spiro atoms. The second-order valence-electron chi connectivity index (χ2n) is 0.232. The van der Waals surface area contributed by atoms with Crippen molar-refractivity contribution in [2.45, 2.75) is 0 Å². The average molecular weight is 185 g/mol. The molecule has 1 nitrogen and oxygen atoms in total. The van der Waals surface area contributed by atoms with Gasteiger partial charge >= 0.3 is 44.2 Å². The minimum absolute atomic E-state index is 0.781. The third-order valence-corrected chi connectivity index (χ3v) is 1.12. The zero-order valence-electron chi connectivity index (χ0n) is 1.97. The van der Waals surface area contributed by atoms with Crippen LogP contribution in [-0.4, -0.2) is 29.0 Å². The Labute approximate surface area is 44.4 Å². The van der Waals surface area contributed by atoms with E-state index in [4.69, 9.17) is 0 Å². The summed E-state index contributed by atoms with van der Waals surface area (Å²) >= 11 is 5.02. The molecule has 0 aliphatic heterocycles. The Kier molecular flexibility index (Phi) is 4.36. The molecule has 0 amide bonds. The molecule has 0 fully saturated rings. The molecule has 24 valence electrons. The molecule has 4 heavy (non-hydrogen) atoms. The van der Waals surface area contributed by atoms with E-state index < -0.39 is 0 Å². The zero-order valence-corrected chi connectivity index (χ0v) is 6.08. The molecule has 0 aliphatic carbocycles. The minimum atomic E-state index is 0.781. The van der Waals surface area contributed by atoms with Gasteiger partial charge in [0, 0.05) is 0 Å². The number of thiocarbonyl (C=S) groups is 1. The van der Waals surface area contributed by atoms with Crippen molar-refractivity contribution < 1.29 is 3.02 Å². The van der Waals surface area contributed by atoms with Crippen molar-refractivity contribution in [3.05, 3.63) is 0 Å². The molecular formula is CH3OSSb. The fraction of sp³-hybridized carbons (Fsp3) is 0. The number of hydrogen-bond acceptors (Lipinski definition) is 2. The molecule has 0 radical (unpaired) electrons. The van der Waals surface area contributed by atoms with Gasteiger partial charge in [0.2, 0.25) is 0 Å². The first-order valence-electron chi connectivity index (χ1n) is 0.707. The summed E-state index contributed by atoms with van der Waals surface area (Å²) in [4.78, 5) is 0. The van der Waals surface area contributed by atoms with Crippen molar-refractivity contribution in [1.82, 2.24) is 0 Å². The molecule has 0 aromatic rings. The summed E-state index contributed by atoms with van der Waals surface area (Å²) in [6.07, 6.45) is 0. The molecule has 0 aliphatic rings. The van der Waals surface area contributed by atoms with E-state index in [1.807, 2.05) is 0 Å². The average Bonchev–Trinajstić information content (AvgIpc) is 1.37. The van der Waals surface area contributed by atoms with Crippen LogP contribution in [0.1, 0.15) is 0 Å². The van der Waals surface area contributed by atoms with Crippen LogP contribution in [0.4, 0.5) is 0 Å². The second-order valence-corrected chi connectivity index (χ2v) is 1.20. The predicted octanol–water partition coefficient (Wildman–Crippen LogP) is -0.492. The molecule has 0 saturated carbocycles. The predicted molar refractivity (Wildman–Crippen MR) is 23.3 cm³/mol. The van der Waals surface area contributed by atoms with Crippen molar-refractivity contribution in [1.29, 1.82) is 0 Å². The van der Waals surface area contributed by atoms with E-state index in [0.29, 0.717) is 0 Å². The molecule has 0 rings (SSSR count). The Bertz CT molecular complexity index is 22.0. The van der Waals surface area contributed by atoms with Crippen LogP contribution in [0.15, 0.2) is 0 Å². The van der Waals surface area contributed by atoms with Gasteiger partial charge in [-0.2, -0.15) is 0 Å². The monoisotopic (exact) mass is 184 g/mol. The molecule has 0 bridgehead atoms. The zero-order chi connectivity index (χ0) is 3.41. The summed E-state index contributed by atoms with van der Waals surface area (Å²) < 4.78 is 4.36. The first-order chi connectivity index (χ1) is 1.91. The van der Waals surface area contributed by atoms with Gasteiger partial charge in [0.15, 0.2) is 0 Å². The van der Waals surface area contributed by atoms with Crippen LogP contribution >= 0.6 is 12.2 Å². The van der Waals surface area contributed by atoms with Crippen molar-refractivity contribution in [2.24, 2.45) is 0 Å². The van der Waals surface area contributed by atoms with E-state index >= 15 is 0 Å². The quantitative estimate of drug-likeness (QED) is 0.402. The maximum atomic E-state index is 4.36. The SMILES string of the molecule is S=C[O][SbH2]. The third kappa shape index (κ3) is 2.71. The molecule has 0 aromatic heterocycles. The summed E-state index contributed by atoms with van der Waals surface area (Å²) in [5.41, 5.74) is 1.27. The van der Waals surface area contributed by atoms with E-state index in [1.165, 1.54) is 5.55 Å². The van der Waals surface area contributed by atoms with Gasteiger partial charge in [-0.25, -0.2) is 0 Å². The van der Waals surface area contributed by atoms with Crippen LogP contribution in [0.2, 0.25) is 0 Å². The van der Waals surface area contributed by atoms with Crippen molar-refractivity contribution in [3.8, 4) is 0 Å². The summed E-state index contributed by atoms with van der Waals surface area (Å²) in [6, 6.07) is 0. The molecule has 0 unspecified atom stereocenters. The van der Waals surface area contributed by atoms with Crippen molar-refractivity contribution in [2.75, 3.05) is 0 Å². The van der Waals surface area contributed by atoms with Gasteiger partial charge in [0.25, 0.3) is 0 Å². The van der Waals surface area contributed by atoms with Crippen LogP contribution in [0.5, 0.6) is 0 Å². The molecule has 0 heterocycles. The standard InChI is InChI=1S/CH2OS.Sb.2H/c2-1-3;;;/h1H,(H,2,3);;;/q;+1;;/p-1. The van der Waals surface area contributed by atoms with E-state index in [9.17, 15) is 0 Å². The van der Waals surface area contributed by atoms with Gasteiger partial charge in [-0.3, -0.25) is 0 Å². The molecule has 0 aromatic carbocycles. The fourth-order valence-corrected chi connectivity index (χ4v) is 0. The molecule has 3 heteroatoms. The van der Waals surface area contributed by atoms with Crippen molar-refractivity contribution in [3.63, 3.8) is 0 Å². The van der Waals surface area contributed by atoms with E-state index in [0.717, 1.165) is 23.4 Å². The van der Waals surface area contributed by atoms with Crippen molar-refractivity contribution >= 4 is 41.2 Å². The number of hydrogen-bond donors (Lipinski definition) is 0. The van der Waals surface area contributed by atoms with Crippen LogP contribution in [0, 0.1) is 0 Å². The Hall–Kier alpha value is 0.708. The van der Waals surface area contributed by atoms with E-state index in [2.05, 4.69) is 15.2 Å². The summed E-state index contributed by atoms with van der Waals surface area (Å²) in [5, 5.41) is 0. The Morgan fingerprint density at radius 3 is 2.25 bits per heavy atom. The Balaban J connectivity index is 2.30.